The molecule has 29 heavy (non-hydrogen) atoms. The molecule has 0 spiro atoms. The Hall–Kier alpha value is -2.91. The molecular formula is C23H27FN4O. The van der Waals surface area contributed by atoms with Crippen LogP contribution in [0.25, 0.3) is 0 Å². The van der Waals surface area contributed by atoms with Gasteiger partial charge in [0.2, 0.25) is 5.91 Å². The number of carbonyl (C=O) groups excluding carboxylic acids is 1. The van der Waals surface area contributed by atoms with Crippen LogP contribution in [-0.2, 0) is 11.2 Å². The molecule has 5 nitrogen and oxygen atoms in total. The van der Waals surface area contributed by atoms with E-state index in [4.69, 9.17) is 0 Å². The molecule has 1 N–H and O–H groups in total. The Labute approximate surface area is 171 Å². The molecule has 1 heterocycles. The normalized spacial score (nSPS) is 16.0. The van der Waals surface area contributed by atoms with E-state index in [-0.39, 0.29) is 17.8 Å². The molecule has 2 aromatic carbocycles. The fourth-order valence-corrected chi connectivity index (χ4v) is 3.70. The molecule has 0 unspecified atom stereocenters. The topological polar surface area (TPSA) is 59.4 Å². The lowest BCUT2D eigenvalue weighted by molar-refractivity contribution is -0.125. The lowest BCUT2D eigenvalue weighted by Gasteiger charge is -2.27. The van der Waals surface area contributed by atoms with Crippen molar-refractivity contribution in [3.8, 4) is 6.07 Å². The van der Waals surface area contributed by atoms with Crippen molar-refractivity contribution in [1.29, 1.82) is 5.26 Å². The van der Waals surface area contributed by atoms with E-state index >= 15 is 0 Å². The highest BCUT2D eigenvalue weighted by Crippen LogP contribution is 2.21. The average molecular weight is 394 g/mol. The molecule has 0 aliphatic carbocycles. The maximum Gasteiger partial charge on any atom is 0.237 e. The second kappa shape index (κ2) is 10.0. The van der Waals surface area contributed by atoms with Crippen LogP contribution in [0, 0.1) is 17.1 Å². The third-order valence-electron chi connectivity index (χ3n) is 5.45. The summed E-state index contributed by atoms with van der Waals surface area (Å²) in [6.07, 6.45) is 1.62. The van der Waals surface area contributed by atoms with E-state index in [9.17, 15) is 14.4 Å². The minimum Gasteiger partial charge on any atom is -0.369 e. The summed E-state index contributed by atoms with van der Waals surface area (Å²) in [4.78, 5) is 17.0. The highest BCUT2D eigenvalue weighted by atomic mass is 19.1. The van der Waals surface area contributed by atoms with E-state index in [2.05, 4.69) is 21.2 Å². The lowest BCUT2D eigenvalue weighted by Crippen LogP contribution is -2.47. The summed E-state index contributed by atoms with van der Waals surface area (Å²) in [5.41, 5.74) is 2.65. The average Bonchev–Trinajstić information content (AvgIpc) is 3.00. The zero-order chi connectivity index (χ0) is 20.6. The van der Waals surface area contributed by atoms with Gasteiger partial charge in [0.1, 0.15) is 11.9 Å². The Morgan fingerprint density at radius 1 is 1.14 bits per heavy atom. The Morgan fingerprint density at radius 2 is 1.90 bits per heavy atom. The van der Waals surface area contributed by atoms with Gasteiger partial charge in [-0.1, -0.05) is 24.3 Å². The molecule has 1 saturated heterocycles. The molecule has 3 rings (SSSR count). The first-order chi connectivity index (χ1) is 14.1. The molecule has 1 fully saturated rings. The third kappa shape index (κ3) is 5.55. The number of nitriles is 1. The number of para-hydroxylation sites is 1. The van der Waals surface area contributed by atoms with Crippen LogP contribution in [0.5, 0.6) is 0 Å². The molecule has 1 aliphatic heterocycles. The van der Waals surface area contributed by atoms with Crippen molar-refractivity contribution in [2.24, 2.45) is 0 Å². The number of nitrogens with one attached hydrogen (secondary N) is 1. The van der Waals surface area contributed by atoms with Crippen LogP contribution in [0.4, 0.5) is 10.1 Å². The summed E-state index contributed by atoms with van der Waals surface area (Å²) in [5, 5.41) is 12.3. The number of hydrogen-bond donors (Lipinski definition) is 1. The van der Waals surface area contributed by atoms with E-state index < -0.39 is 0 Å². The zero-order valence-electron chi connectivity index (χ0n) is 16.8. The summed E-state index contributed by atoms with van der Waals surface area (Å²) in [7, 11) is 0. The predicted octanol–water partition coefficient (Wildman–Crippen LogP) is 2.96. The van der Waals surface area contributed by atoms with Gasteiger partial charge in [0.05, 0.1) is 17.3 Å². The quantitative estimate of drug-likeness (QED) is 0.818. The molecule has 0 bridgehead atoms. The maximum absolute atomic E-state index is 13.0. The molecule has 1 amide bonds. The van der Waals surface area contributed by atoms with Gasteiger partial charge in [-0.15, -0.1) is 0 Å². The summed E-state index contributed by atoms with van der Waals surface area (Å²) < 4.78 is 13.0. The van der Waals surface area contributed by atoms with Crippen molar-refractivity contribution in [2.45, 2.75) is 25.8 Å². The van der Waals surface area contributed by atoms with E-state index in [1.807, 2.05) is 31.2 Å². The Bertz CT molecular complexity index is 862. The molecule has 0 aromatic heterocycles. The minimum absolute atomic E-state index is 0.0120. The molecule has 1 atom stereocenters. The molecular weight excluding hydrogens is 367 g/mol. The number of anilines is 1. The van der Waals surface area contributed by atoms with E-state index in [0.717, 1.165) is 43.9 Å². The van der Waals surface area contributed by atoms with Crippen LogP contribution in [0.2, 0.25) is 0 Å². The monoisotopic (exact) mass is 394 g/mol. The standard InChI is InChI=1S/C23H27FN4O/c1-18(23(29)26-12-11-19-7-9-21(24)10-8-19)27-13-4-14-28(16-15-27)22-6-3-2-5-20(22)17-25/h2-3,5-10,18H,4,11-16H2,1H3,(H,26,29)/t18-/m1/s1. The number of nitrogens with zero attached hydrogens (tertiary/aromatic N) is 3. The number of benzene rings is 2. The van der Waals surface area contributed by atoms with Gasteiger partial charge in [-0.05, 0) is 49.6 Å². The van der Waals surface area contributed by atoms with Gasteiger partial charge in [0.15, 0.2) is 0 Å². The smallest absolute Gasteiger partial charge is 0.237 e. The predicted molar refractivity (Wildman–Crippen MR) is 112 cm³/mol. The van der Waals surface area contributed by atoms with Crippen LogP contribution in [0.3, 0.4) is 0 Å². The van der Waals surface area contributed by atoms with Gasteiger partial charge < -0.3 is 10.2 Å². The summed E-state index contributed by atoms with van der Waals surface area (Å²) >= 11 is 0. The van der Waals surface area contributed by atoms with Gasteiger partial charge in [-0.3, -0.25) is 9.69 Å². The first-order valence-corrected chi connectivity index (χ1v) is 10.1. The van der Waals surface area contributed by atoms with Crippen molar-refractivity contribution in [3.63, 3.8) is 0 Å². The van der Waals surface area contributed by atoms with Crippen molar-refractivity contribution in [3.05, 3.63) is 65.5 Å². The van der Waals surface area contributed by atoms with Crippen LogP contribution in [0.15, 0.2) is 48.5 Å². The minimum atomic E-state index is -0.251. The van der Waals surface area contributed by atoms with Gasteiger partial charge in [-0.2, -0.15) is 5.26 Å². The molecule has 152 valence electrons. The zero-order valence-corrected chi connectivity index (χ0v) is 16.8. The second-order valence-corrected chi connectivity index (χ2v) is 7.35. The first-order valence-electron chi connectivity index (χ1n) is 10.1. The summed E-state index contributed by atoms with van der Waals surface area (Å²) in [6.45, 7) is 5.74. The highest BCUT2D eigenvalue weighted by molar-refractivity contribution is 5.81. The Kier molecular flexibility index (Phi) is 7.20. The number of amides is 1. The van der Waals surface area contributed by atoms with Crippen LogP contribution < -0.4 is 10.2 Å². The highest BCUT2D eigenvalue weighted by Gasteiger charge is 2.24. The van der Waals surface area contributed by atoms with Crippen molar-refractivity contribution >= 4 is 11.6 Å². The molecule has 0 radical (unpaired) electrons. The molecule has 0 saturated carbocycles. The van der Waals surface area contributed by atoms with Gasteiger partial charge in [0.25, 0.3) is 0 Å². The van der Waals surface area contributed by atoms with Crippen molar-refractivity contribution < 1.29 is 9.18 Å². The molecule has 1 aliphatic rings. The molecule has 2 aromatic rings. The summed E-state index contributed by atoms with van der Waals surface area (Å²) in [5.74, 6) is -0.239. The van der Waals surface area contributed by atoms with Crippen LogP contribution in [0.1, 0.15) is 24.5 Å². The fourth-order valence-electron chi connectivity index (χ4n) is 3.70. The lowest BCUT2D eigenvalue weighted by atomic mass is 10.1. The van der Waals surface area contributed by atoms with E-state index in [1.54, 1.807) is 12.1 Å². The maximum atomic E-state index is 13.0. The van der Waals surface area contributed by atoms with E-state index in [1.165, 1.54) is 12.1 Å². The van der Waals surface area contributed by atoms with Crippen molar-refractivity contribution in [1.82, 2.24) is 10.2 Å². The summed E-state index contributed by atoms with van der Waals surface area (Å²) in [6, 6.07) is 16.1. The van der Waals surface area contributed by atoms with Gasteiger partial charge >= 0.3 is 0 Å². The second-order valence-electron chi connectivity index (χ2n) is 7.35. The Morgan fingerprint density at radius 3 is 2.66 bits per heavy atom. The first kappa shape index (κ1) is 20.8. The van der Waals surface area contributed by atoms with E-state index in [0.29, 0.717) is 18.5 Å². The number of rotatable bonds is 6. The fraction of sp³-hybridized carbons (Fsp3) is 0.391. The largest absolute Gasteiger partial charge is 0.369 e. The molecule has 6 heteroatoms. The van der Waals surface area contributed by atoms with Crippen LogP contribution >= 0.6 is 0 Å². The number of halogens is 1. The number of carbonyl (C=O) groups is 1. The van der Waals surface area contributed by atoms with Crippen molar-refractivity contribution in [2.75, 3.05) is 37.6 Å². The Balaban J connectivity index is 1.50. The SMILES string of the molecule is C[C@H](C(=O)NCCc1ccc(F)cc1)N1CCCN(c2ccccc2C#N)CC1. The van der Waals surface area contributed by atoms with Gasteiger partial charge in [-0.25, -0.2) is 4.39 Å². The number of hydrogen-bond acceptors (Lipinski definition) is 4. The van der Waals surface area contributed by atoms with Crippen LogP contribution in [-0.4, -0.2) is 49.6 Å². The third-order valence-corrected chi connectivity index (χ3v) is 5.45. The van der Waals surface area contributed by atoms with Gasteiger partial charge in [0, 0.05) is 32.7 Å².